The number of thioether (sulfide) groups is 1. The molecule has 1 aromatic heterocycles. The van der Waals surface area contributed by atoms with Gasteiger partial charge in [-0.1, -0.05) is 89.8 Å². The zero-order valence-corrected chi connectivity index (χ0v) is 17.8. The Morgan fingerprint density at radius 3 is 2.38 bits per heavy atom. The molecule has 1 heterocycles. The fourth-order valence-electron chi connectivity index (χ4n) is 2.83. The van der Waals surface area contributed by atoms with Crippen molar-refractivity contribution in [1.29, 1.82) is 0 Å². The number of rotatable bonds is 6. The molecule has 4 rings (SSSR count). The van der Waals surface area contributed by atoms with E-state index in [4.69, 9.17) is 12.2 Å². The van der Waals surface area contributed by atoms with Crippen LogP contribution < -0.4 is 5.32 Å². The molecule has 4 nitrogen and oxygen atoms in total. The van der Waals surface area contributed by atoms with Crippen LogP contribution in [-0.4, -0.2) is 21.4 Å². The van der Waals surface area contributed by atoms with E-state index in [0.717, 1.165) is 26.8 Å². The highest BCUT2D eigenvalue weighted by Gasteiger charge is 2.11. The largest absolute Gasteiger partial charge is 0.325 e. The molecule has 0 radical (unpaired) electrons. The number of carbonyl (C=O) groups is 1. The number of nitrogens with zero attached hydrogens (tertiary/aromatic N) is 2. The molecule has 4 aromatic rings. The molecular weight excluding hydrogens is 418 g/mol. The Bertz CT molecular complexity index is 1170. The summed E-state index contributed by atoms with van der Waals surface area (Å²) in [6, 6.07) is 27.6. The van der Waals surface area contributed by atoms with Crippen molar-refractivity contribution >= 4 is 46.9 Å². The van der Waals surface area contributed by atoms with Gasteiger partial charge < -0.3 is 5.32 Å². The van der Waals surface area contributed by atoms with Gasteiger partial charge in [0, 0.05) is 11.3 Å². The van der Waals surface area contributed by atoms with Crippen molar-refractivity contribution in [1.82, 2.24) is 9.78 Å². The number of anilines is 1. The van der Waals surface area contributed by atoms with E-state index in [2.05, 4.69) is 10.4 Å². The Hall–Kier alpha value is -2.74. The number of benzene rings is 3. The van der Waals surface area contributed by atoms with Gasteiger partial charge in [-0.3, -0.25) is 4.79 Å². The predicted molar refractivity (Wildman–Crippen MR) is 124 cm³/mol. The van der Waals surface area contributed by atoms with Crippen LogP contribution in [0.1, 0.15) is 0 Å². The molecule has 0 atom stereocenters. The lowest BCUT2D eigenvalue weighted by atomic mass is 10.0. The average molecular weight is 436 g/mol. The summed E-state index contributed by atoms with van der Waals surface area (Å²) in [5.74, 6) is 0.186. The first-order valence-corrected chi connectivity index (χ1v) is 11.1. The molecule has 144 valence electrons. The molecular formula is C22H17N3OS3. The third-order valence-corrected chi connectivity index (χ3v) is 6.51. The number of nitrogens with one attached hydrogen (secondary N) is 1. The SMILES string of the molecule is O=C(CSc1nn(-c2ccccc2)c(=S)s1)Nc1ccccc1-c1ccccc1. The topological polar surface area (TPSA) is 46.9 Å². The van der Waals surface area contributed by atoms with Gasteiger partial charge >= 0.3 is 0 Å². The summed E-state index contributed by atoms with van der Waals surface area (Å²) >= 11 is 8.21. The van der Waals surface area contributed by atoms with Gasteiger partial charge in [0.2, 0.25) is 5.91 Å². The maximum atomic E-state index is 12.5. The fourth-order valence-corrected chi connectivity index (χ4v) is 4.99. The molecule has 0 saturated carbocycles. The molecule has 0 aliphatic heterocycles. The summed E-state index contributed by atoms with van der Waals surface area (Å²) in [6.45, 7) is 0. The Kier molecular flexibility index (Phi) is 6.19. The number of aromatic nitrogens is 2. The van der Waals surface area contributed by atoms with E-state index in [1.807, 2.05) is 84.9 Å². The second kappa shape index (κ2) is 9.17. The quantitative estimate of drug-likeness (QED) is 0.295. The van der Waals surface area contributed by atoms with Gasteiger partial charge in [-0.2, -0.15) is 0 Å². The van der Waals surface area contributed by atoms with Crippen LogP contribution in [0.4, 0.5) is 5.69 Å². The normalized spacial score (nSPS) is 10.6. The monoisotopic (exact) mass is 435 g/mol. The summed E-state index contributed by atoms with van der Waals surface area (Å²) in [6.07, 6.45) is 0. The molecule has 0 spiro atoms. The van der Waals surface area contributed by atoms with Crippen LogP contribution in [0.15, 0.2) is 89.3 Å². The van der Waals surface area contributed by atoms with E-state index >= 15 is 0 Å². The fraction of sp³-hybridized carbons (Fsp3) is 0.0455. The Labute approximate surface area is 182 Å². The lowest BCUT2D eigenvalue weighted by molar-refractivity contribution is -0.113. The molecule has 0 bridgehead atoms. The number of para-hydroxylation sites is 2. The maximum Gasteiger partial charge on any atom is 0.234 e. The molecule has 0 saturated heterocycles. The van der Waals surface area contributed by atoms with Gasteiger partial charge in [-0.15, -0.1) is 5.10 Å². The highest BCUT2D eigenvalue weighted by Crippen LogP contribution is 2.28. The molecule has 0 unspecified atom stereocenters. The van der Waals surface area contributed by atoms with E-state index in [9.17, 15) is 4.79 Å². The minimum absolute atomic E-state index is 0.0780. The van der Waals surface area contributed by atoms with E-state index in [1.165, 1.54) is 23.1 Å². The number of hydrogen-bond acceptors (Lipinski definition) is 5. The van der Waals surface area contributed by atoms with Gasteiger partial charge in [-0.05, 0) is 36.0 Å². The van der Waals surface area contributed by atoms with Crippen LogP contribution in [0.2, 0.25) is 0 Å². The number of amides is 1. The number of carbonyl (C=O) groups excluding carboxylic acids is 1. The third-order valence-electron chi connectivity index (χ3n) is 4.14. The molecule has 0 aliphatic carbocycles. The van der Waals surface area contributed by atoms with Crippen LogP contribution in [-0.2, 0) is 4.79 Å². The minimum atomic E-state index is -0.0780. The summed E-state index contributed by atoms with van der Waals surface area (Å²) < 4.78 is 3.16. The maximum absolute atomic E-state index is 12.5. The van der Waals surface area contributed by atoms with Crippen molar-refractivity contribution in [3.8, 4) is 16.8 Å². The van der Waals surface area contributed by atoms with Crippen LogP contribution in [0.25, 0.3) is 16.8 Å². The second-order valence-electron chi connectivity index (χ2n) is 6.13. The second-order valence-corrected chi connectivity index (χ2v) is 8.97. The summed E-state index contributed by atoms with van der Waals surface area (Å²) in [5, 5.41) is 7.55. The van der Waals surface area contributed by atoms with Gasteiger partial charge in [0.05, 0.1) is 11.4 Å². The zero-order chi connectivity index (χ0) is 20.1. The Balaban J connectivity index is 1.44. The number of hydrogen-bond donors (Lipinski definition) is 1. The first kappa shape index (κ1) is 19.6. The average Bonchev–Trinajstić information content (AvgIpc) is 3.14. The Morgan fingerprint density at radius 2 is 1.62 bits per heavy atom. The summed E-state index contributed by atoms with van der Waals surface area (Å²) in [4.78, 5) is 12.5. The Morgan fingerprint density at radius 1 is 0.966 bits per heavy atom. The lowest BCUT2D eigenvalue weighted by Crippen LogP contribution is -2.14. The molecule has 1 N–H and O–H groups in total. The predicted octanol–water partition coefficient (Wildman–Crippen LogP) is 6.06. The van der Waals surface area contributed by atoms with Gasteiger partial charge in [-0.25, -0.2) is 4.68 Å². The van der Waals surface area contributed by atoms with Gasteiger partial charge in [0.15, 0.2) is 8.29 Å². The molecule has 0 fully saturated rings. The minimum Gasteiger partial charge on any atom is -0.325 e. The molecule has 29 heavy (non-hydrogen) atoms. The van der Waals surface area contributed by atoms with Crippen LogP contribution >= 0.6 is 35.3 Å². The van der Waals surface area contributed by atoms with Crippen LogP contribution in [0.3, 0.4) is 0 Å². The van der Waals surface area contributed by atoms with E-state index in [0.29, 0.717) is 3.95 Å². The van der Waals surface area contributed by atoms with E-state index < -0.39 is 0 Å². The molecule has 3 aromatic carbocycles. The van der Waals surface area contributed by atoms with Crippen molar-refractivity contribution in [2.45, 2.75) is 4.34 Å². The lowest BCUT2D eigenvalue weighted by Gasteiger charge is -2.11. The van der Waals surface area contributed by atoms with Gasteiger partial charge in [0.1, 0.15) is 0 Å². The third kappa shape index (κ3) is 4.82. The summed E-state index contributed by atoms with van der Waals surface area (Å²) in [7, 11) is 0. The van der Waals surface area contributed by atoms with Crippen LogP contribution in [0, 0.1) is 3.95 Å². The molecule has 7 heteroatoms. The first-order valence-electron chi connectivity index (χ1n) is 8.93. The van der Waals surface area contributed by atoms with Crippen molar-refractivity contribution in [2.24, 2.45) is 0 Å². The van der Waals surface area contributed by atoms with Crippen molar-refractivity contribution in [3.05, 3.63) is 88.9 Å². The van der Waals surface area contributed by atoms with Crippen molar-refractivity contribution in [3.63, 3.8) is 0 Å². The zero-order valence-electron chi connectivity index (χ0n) is 15.3. The van der Waals surface area contributed by atoms with E-state index in [1.54, 1.807) is 4.68 Å². The van der Waals surface area contributed by atoms with Crippen molar-refractivity contribution in [2.75, 3.05) is 11.1 Å². The molecule has 0 aliphatic rings. The van der Waals surface area contributed by atoms with Crippen LogP contribution in [0.5, 0.6) is 0 Å². The summed E-state index contributed by atoms with van der Waals surface area (Å²) in [5.41, 5.74) is 3.78. The standard InChI is InChI=1S/C22H17N3OS3/c26-20(23-19-14-8-7-13-18(19)16-9-3-1-4-10-16)15-28-21-24-25(22(27)29-21)17-11-5-2-6-12-17/h1-14H,15H2,(H,23,26). The van der Waals surface area contributed by atoms with Crippen molar-refractivity contribution < 1.29 is 4.79 Å². The van der Waals surface area contributed by atoms with E-state index in [-0.39, 0.29) is 11.7 Å². The van der Waals surface area contributed by atoms with Gasteiger partial charge in [0.25, 0.3) is 0 Å². The molecule has 1 amide bonds. The first-order chi connectivity index (χ1) is 14.2. The highest BCUT2D eigenvalue weighted by molar-refractivity contribution is 8.01. The smallest absolute Gasteiger partial charge is 0.234 e. The highest BCUT2D eigenvalue weighted by atomic mass is 32.2.